The number of carbonyl (C=O) groups excluding carboxylic acids is 2. The Morgan fingerprint density at radius 3 is 2.39 bits per heavy atom. The molecular formula is C27H35FN2O3. The molecule has 1 aliphatic carbocycles. The van der Waals surface area contributed by atoms with Crippen molar-refractivity contribution in [2.24, 2.45) is 0 Å². The van der Waals surface area contributed by atoms with Crippen molar-refractivity contribution in [2.75, 3.05) is 6.61 Å². The fraction of sp³-hybridized carbons (Fsp3) is 0.481. The number of benzene rings is 2. The van der Waals surface area contributed by atoms with E-state index in [1.54, 1.807) is 25.1 Å². The third-order valence-corrected chi connectivity index (χ3v) is 6.31. The quantitative estimate of drug-likeness (QED) is 0.567. The van der Waals surface area contributed by atoms with Crippen LogP contribution in [0.5, 0.6) is 5.75 Å². The van der Waals surface area contributed by atoms with E-state index in [4.69, 9.17) is 4.74 Å². The third-order valence-electron chi connectivity index (χ3n) is 6.31. The molecule has 1 fully saturated rings. The van der Waals surface area contributed by atoms with Crippen molar-refractivity contribution in [1.29, 1.82) is 0 Å². The molecular weight excluding hydrogens is 419 g/mol. The van der Waals surface area contributed by atoms with Gasteiger partial charge in [0.05, 0.1) is 0 Å². The van der Waals surface area contributed by atoms with Crippen LogP contribution in [-0.2, 0) is 16.1 Å². The molecule has 2 aromatic rings. The fourth-order valence-corrected chi connectivity index (χ4v) is 4.27. The van der Waals surface area contributed by atoms with Crippen molar-refractivity contribution in [3.05, 3.63) is 65.5 Å². The minimum atomic E-state index is -0.747. The minimum absolute atomic E-state index is 0.0000522. The van der Waals surface area contributed by atoms with Gasteiger partial charge in [0, 0.05) is 18.2 Å². The van der Waals surface area contributed by atoms with Crippen molar-refractivity contribution in [1.82, 2.24) is 10.2 Å². The Labute approximate surface area is 196 Å². The lowest BCUT2D eigenvalue weighted by atomic mass is 9.95. The van der Waals surface area contributed by atoms with Crippen molar-refractivity contribution < 1.29 is 18.7 Å². The second-order valence-corrected chi connectivity index (χ2v) is 9.11. The largest absolute Gasteiger partial charge is 0.483 e. The third kappa shape index (κ3) is 6.80. The van der Waals surface area contributed by atoms with Gasteiger partial charge in [-0.25, -0.2) is 4.39 Å². The van der Waals surface area contributed by atoms with Crippen molar-refractivity contribution in [3.8, 4) is 5.75 Å². The summed E-state index contributed by atoms with van der Waals surface area (Å²) in [6, 6.07) is 13.3. The first-order chi connectivity index (χ1) is 15.9. The standard InChI is InChI=1S/C27H35FN2O3/c1-19(2)23-14-8-10-16-25(23)33-18-26(31)30(17-21-11-7-9-15-24(21)28)20(3)27(32)29-22-12-5-4-6-13-22/h7-11,14-16,19-20,22H,4-6,12-13,17-18H2,1-3H3,(H,29,32). The van der Waals surface area contributed by atoms with E-state index in [9.17, 15) is 14.0 Å². The number of ether oxygens (including phenoxy) is 1. The van der Waals surface area contributed by atoms with E-state index in [0.717, 1.165) is 31.2 Å². The zero-order valence-electron chi connectivity index (χ0n) is 19.9. The molecule has 1 unspecified atom stereocenters. The van der Waals surface area contributed by atoms with E-state index in [2.05, 4.69) is 19.2 Å². The number of carbonyl (C=O) groups is 2. The maximum Gasteiger partial charge on any atom is 0.261 e. The van der Waals surface area contributed by atoms with Gasteiger partial charge in [0.2, 0.25) is 5.91 Å². The van der Waals surface area contributed by atoms with Gasteiger partial charge < -0.3 is 15.0 Å². The molecule has 6 heteroatoms. The zero-order chi connectivity index (χ0) is 23.8. The number of halogens is 1. The molecule has 33 heavy (non-hydrogen) atoms. The van der Waals surface area contributed by atoms with Crippen molar-refractivity contribution in [2.45, 2.75) is 77.4 Å². The summed E-state index contributed by atoms with van der Waals surface area (Å²) in [7, 11) is 0. The average Bonchev–Trinajstić information content (AvgIpc) is 2.82. The lowest BCUT2D eigenvalue weighted by Gasteiger charge is -2.31. The predicted molar refractivity (Wildman–Crippen MR) is 127 cm³/mol. The Bertz CT molecular complexity index is 940. The molecule has 3 rings (SSSR count). The van der Waals surface area contributed by atoms with Gasteiger partial charge in [-0.3, -0.25) is 9.59 Å². The van der Waals surface area contributed by atoms with Gasteiger partial charge in [-0.05, 0) is 43.4 Å². The molecule has 2 aromatic carbocycles. The number of amides is 2. The van der Waals surface area contributed by atoms with Crippen LogP contribution >= 0.6 is 0 Å². The van der Waals surface area contributed by atoms with E-state index in [-0.39, 0.29) is 36.9 Å². The zero-order valence-corrected chi connectivity index (χ0v) is 19.9. The second kappa shape index (κ2) is 11.8. The van der Waals surface area contributed by atoms with E-state index in [0.29, 0.717) is 11.3 Å². The van der Waals surface area contributed by atoms with Crippen LogP contribution in [0.4, 0.5) is 4.39 Å². The Hall–Kier alpha value is -2.89. The summed E-state index contributed by atoms with van der Waals surface area (Å²) in [5.41, 5.74) is 1.37. The van der Waals surface area contributed by atoms with Crippen LogP contribution in [0, 0.1) is 5.82 Å². The molecule has 0 aliphatic heterocycles. The predicted octanol–water partition coefficient (Wildman–Crippen LogP) is 5.19. The van der Waals surface area contributed by atoms with Gasteiger partial charge in [0.15, 0.2) is 6.61 Å². The molecule has 1 saturated carbocycles. The van der Waals surface area contributed by atoms with E-state index < -0.39 is 11.9 Å². The lowest BCUT2D eigenvalue weighted by molar-refractivity contribution is -0.142. The molecule has 0 heterocycles. The van der Waals surface area contributed by atoms with E-state index in [1.807, 2.05) is 24.3 Å². The Morgan fingerprint density at radius 1 is 1.03 bits per heavy atom. The summed E-state index contributed by atoms with van der Waals surface area (Å²) < 4.78 is 20.2. The molecule has 0 aromatic heterocycles. The first-order valence-electron chi connectivity index (χ1n) is 11.9. The van der Waals surface area contributed by atoms with Crippen LogP contribution in [0.2, 0.25) is 0 Å². The number of nitrogens with one attached hydrogen (secondary N) is 1. The topological polar surface area (TPSA) is 58.6 Å². The van der Waals surface area contributed by atoms with Crippen molar-refractivity contribution >= 4 is 11.8 Å². The Kier molecular flexibility index (Phi) is 8.87. The van der Waals surface area contributed by atoms with Gasteiger partial charge in [0.25, 0.3) is 5.91 Å². The molecule has 0 bridgehead atoms. The summed E-state index contributed by atoms with van der Waals surface area (Å²) in [6.07, 6.45) is 5.29. The molecule has 1 atom stereocenters. The monoisotopic (exact) mass is 454 g/mol. The molecule has 1 N–H and O–H groups in total. The van der Waals surface area contributed by atoms with Crippen LogP contribution in [0.3, 0.4) is 0 Å². The van der Waals surface area contributed by atoms with Crippen LogP contribution in [0.25, 0.3) is 0 Å². The maximum atomic E-state index is 14.4. The Balaban J connectivity index is 1.75. The number of nitrogens with zero attached hydrogens (tertiary/aromatic N) is 1. The fourth-order valence-electron chi connectivity index (χ4n) is 4.27. The van der Waals surface area contributed by atoms with Gasteiger partial charge >= 0.3 is 0 Å². The Morgan fingerprint density at radius 2 is 1.70 bits per heavy atom. The minimum Gasteiger partial charge on any atom is -0.483 e. The summed E-state index contributed by atoms with van der Waals surface area (Å²) in [4.78, 5) is 27.7. The molecule has 2 amide bonds. The second-order valence-electron chi connectivity index (χ2n) is 9.11. The molecule has 0 spiro atoms. The summed E-state index contributed by atoms with van der Waals surface area (Å²) in [5, 5.41) is 3.08. The highest BCUT2D eigenvalue weighted by Crippen LogP contribution is 2.26. The van der Waals surface area contributed by atoms with Crippen molar-refractivity contribution in [3.63, 3.8) is 0 Å². The highest BCUT2D eigenvalue weighted by atomic mass is 19.1. The van der Waals surface area contributed by atoms with E-state index >= 15 is 0 Å². The SMILES string of the molecule is CC(C)c1ccccc1OCC(=O)N(Cc1ccccc1F)C(C)C(=O)NC1CCCCC1. The molecule has 178 valence electrons. The number of hydrogen-bond donors (Lipinski definition) is 1. The van der Waals surface area contributed by atoms with Gasteiger partial charge in [-0.1, -0.05) is 69.5 Å². The highest BCUT2D eigenvalue weighted by molar-refractivity contribution is 5.88. The molecule has 1 aliphatic rings. The number of hydrogen-bond acceptors (Lipinski definition) is 3. The van der Waals surface area contributed by atoms with E-state index in [1.165, 1.54) is 17.4 Å². The highest BCUT2D eigenvalue weighted by Gasteiger charge is 2.29. The molecule has 0 saturated heterocycles. The van der Waals surface area contributed by atoms with Crippen LogP contribution in [-0.4, -0.2) is 35.4 Å². The smallest absolute Gasteiger partial charge is 0.261 e. The van der Waals surface area contributed by atoms with Crippen LogP contribution in [0.1, 0.15) is 69.9 Å². The van der Waals surface area contributed by atoms with Crippen LogP contribution in [0.15, 0.2) is 48.5 Å². The molecule has 0 radical (unpaired) electrons. The van der Waals surface area contributed by atoms with Gasteiger partial charge in [-0.15, -0.1) is 0 Å². The summed E-state index contributed by atoms with van der Waals surface area (Å²) in [6.45, 7) is 5.59. The molecule has 5 nitrogen and oxygen atoms in total. The average molecular weight is 455 g/mol. The normalized spacial score (nSPS) is 15.2. The summed E-state index contributed by atoms with van der Waals surface area (Å²) >= 11 is 0. The van der Waals surface area contributed by atoms with Gasteiger partial charge in [-0.2, -0.15) is 0 Å². The first-order valence-corrected chi connectivity index (χ1v) is 11.9. The number of para-hydroxylation sites is 1. The maximum absolute atomic E-state index is 14.4. The van der Waals surface area contributed by atoms with Gasteiger partial charge in [0.1, 0.15) is 17.6 Å². The summed E-state index contributed by atoms with van der Waals surface area (Å²) in [5.74, 6) is -0.0875. The van der Waals surface area contributed by atoms with Crippen LogP contribution < -0.4 is 10.1 Å². The lowest BCUT2D eigenvalue weighted by Crippen LogP contribution is -2.51. The first kappa shape index (κ1) is 24.7. The number of rotatable bonds is 9.